The number of likely N-dealkylation sites (N-methyl/N-ethyl adjacent to an activating group) is 1. The summed E-state index contributed by atoms with van der Waals surface area (Å²) >= 11 is 0. The standard InChI is InChI=1S/C23H25F3N8O4/c1-30(18-13-33-14-20(34(35)36)29-22(33)37-15-18)12-16-10-27-21(28-11-16)32-8-6-31(7-9-32)17-2-4-19(5-3-17)38-23(24,25)26/h2-5,10-11,14,18H,6-9,12-13,15H2,1H3/t18-/m0/s1. The zero-order valence-electron chi connectivity index (χ0n) is 20.4. The van der Waals surface area contributed by atoms with Crippen molar-refractivity contribution in [2.75, 3.05) is 49.6 Å². The van der Waals surface area contributed by atoms with Crippen LogP contribution in [0.1, 0.15) is 5.56 Å². The predicted octanol–water partition coefficient (Wildman–Crippen LogP) is 2.70. The van der Waals surface area contributed by atoms with Crippen LogP contribution in [0, 0.1) is 10.1 Å². The molecule has 38 heavy (non-hydrogen) atoms. The van der Waals surface area contributed by atoms with Crippen molar-refractivity contribution >= 4 is 17.5 Å². The van der Waals surface area contributed by atoms with Gasteiger partial charge in [-0.1, -0.05) is 0 Å². The number of aromatic nitrogens is 4. The minimum absolute atomic E-state index is 0.00171. The molecular weight excluding hydrogens is 509 g/mol. The molecule has 0 radical (unpaired) electrons. The summed E-state index contributed by atoms with van der Waals surface area (Å²) in [6, 6.07) is 6.10. The van der Waals surface area contributed by atoms with Crippen LogP contribution in [-0.4, -0.2) is 81.6 Å². The summed E-state index contributed by atoms with van der Waals surface area (Å²) in [4.78, 5) is 29.6. The molecule has 5 rings (SSSR count). The van der Waals surface area contributed by atoms with Crippen LogP contribution in [0.4, 0.5) is 30.6 Å². The number of alkyl halides is 3. The Balaban J connectivity index is 1.12. The molecule has 15 heteroatoms. The van der Waals surface area contributed by atoms with Crippen LogP contribution >= 0.6 is 0 Å². The monoisotopic (exact) mass is 534 g/mol. The maximum absolute atomic E-state index is 12.4. The van der Waals surface area contributed by atoms with E-state index >= 15 is 0 Å². The molecule has 1 saturated heterocycles. The van der Waals surface area contributed by atoms with Gasteiger partial charge in [-0.2, -0.15) is 0 Å². The number of nitrogens with zero attached hydrogens (tertiary/aromatic N) is 8. The van der Waals surface area contributed by atoms with Gasteiger partial charge in [0.2, 0.25) is 5.95 Å². The van der Waals surface area contributed by atoms with Gasteiger partial charge < -0.3 is 29.4 Å². The molecule has 0 saturated carbocycles. The van der Waals surface area contributed by atoms with E-state index in [1.165, 1.54) is 18.3 Å². The Kier molecular flexibility index (Phi) is 6.93. The number of ether oxygens (including phenoxy) is 2. The molecule has 0 bridgehead atoms. The molecule has 202 valence electrons. The Morgan fingerprint density at radius 2 is 1.79 bits per heavy atom. The van der Waals surface area contributed by atoms with Crippen LogP contribution in [0.2, 0.25) is 0 Å². The van der Waals surface area contributed by atoms with Crippen molar-refractivity contribution in [1.82, 2.24) is 24.4 Å². The fraction of sp³-hybridized carbons (Fsp3) is 0.435. The van der Waals surface area contributed by atoms with E-state index in [0.29, 0.717) is 51.8 Å². The molecule has 1 atom stereocenters. The molecule has 3 aromatic rings. The van der Waals surface area contributed by atoms with Crippen LogP contribution in [0.25, 0.3) is 0 Å². The summed E-state index contributed by atoms with van der Waals surface area (Å²) in [5.41, 5.74) is 1.74. The fourth-order valence-corrected chi connectivity index (χ4v) is 4.47. The number of nitro groups is 1. The van der Waals surface area contributed by atoms with E-state index in [2.05, 4.69) is 34.4 Å². The third-order valence-corrected chi connectivity index (χ3v) is 6.47. The Labute approximate surface area is 215 Å². The third-order valence-electron chi connectivity index (χ3n) is 6.47. The minimum atomic E-state index is -4.71. The summed E-state index contributed by atoms with van der Waals surface area (Å²) < 4.78 is 48.3. The highest BCUT2D eigenvalue weighted by atomic mass is 19.4. The molecule has 0 N–H and O–H groups in total. The first-order valence-corrected chi connectivity index (χ1v) is 11.9. The second kappa shape index (κ2) is 10.3. The smallest absolute Gasteiger partial charge is 0.444 e. The average molecular weight is 534 g/mol. The van der Waals surface area contributed by atoms with Crippen molar-refractivity contribution in [1.29, 1.82) is 0 Å². The average Bonchev–Trinajstić information content (AvgIpc) is 3.33. The lowest BCUT2D eigenvalue weighted by Gasteiger charge is -2.36. The molecule has 12 nitrogen and oxygen atoms in total. The summed E-state index contributed by atoms with van der Waals surface area (Å²) in [6.45, 7) is 4.13. The van der Waals surface area contributed by atoms with Gasteiger partial charge in [-0.25, -0.2) is 9.97 Å². The van der Waals surface area contributed by atoms with Crippen LogP contribution in [0.3, 0.4) is 0 Å². The fourth-order valence-electron chi connectivity index (χ4n) is 4.47. The molecular formula is C23H25F3N8O4. The molecule has 0 unspecified atom stereocenters. The largest absolute Gasteiger partial charge is 0.573 e. The summed E-state index contributed by atoms with van der Waals surface area (Å²) in [6.07, 6.45) is 0.228. The predicted molar refractivity (Wildman–Crippen MR) is 129 cm³/mol. The van der Waals surface area contributed by atoms with Gasteiger partial charge >= 0.3 is 18.2 Å². The molecule has 0 amide bonds. The molecule has 2 aromatic heterocycles. The highest BCUT2D eigenvalue weighted by Crippen LogP contribution is 2.27. The van der Waals surface area contributed by atoms with Crippen molar-refractivity contribution in [3.05, 3.63) is 58.5 Å². The molecule has 1 aromatic carbocycles. The van der Waals surface area contributed by atoms with E-state index in [-0.39, 0.29) is 23.6 Å². The van der Waals surface area contributed by atoms with E-state index in [1.54, 1.807) is 29.1 Å². The molecule has 0 aliphatic carbocycles. The molecule has 4 heterocycles. The van der Waals surface area contributed by atoms with Gasteiger partial charge in [-0.3, -0.25) is 9.47 Å². The van der Waals surface area contributed by atoms with Crippen LogP contribution in [0.15, 0.2) is 42.9 Å². The van der Waals surface area contributed by atoms with Crippen molar-refractivity contribution in [2.24, 2.45) is 0 Å². The molecule has 0 spiro atoms. The van der Waals surface area contributed by atoms with E-state index in [4.69, 9.17) is 4.74 Å². The van der Waals surface area contributed by atoms with Gasteiger partial charge in [0.05, 0.1) is 6.04 Å². The van der Waals surface area contributed by atoms with Gasteiger partial charge in [-0.15, -0.1) is 13.2 Å². The molecule has 2 aliphatic rings. The van der Waals surface area contributed by atoms with Gasteiger partial charge in [0.15, 0.2) is 0 Å². The lowest BCUT2D eigenvalue weighted by Crippen LogP contribution is -2.47. The first-order chi connectivity index (χ1) is 18.1. The number of rotatable bonds is 7. The van der Waals surface area contributed by atoms with Crippen LogP contribution < -0.4 is 19.3 Å². The second-order valence-corrected chi connectivity index (χ2v) is 9.08. The van der Waals surface area contributed by atoms with Crippen molar-refractivity contribution < 1.29 is 27.6 Å². The van der Waals surface area contributed by atoms with E-state index < -0.39 is 11.3 Å². The number of piperazine rings is 1. The third kappa shape index (κ3) is 5.88. The first kappa shape index (κ1) is 25.5. The number of anilines is 2. The normalized spacial score (nSPS) is 17.8. The topological polar surface area (TPSA) is 115 Å². The lowest BCUT2D eigenvalue weighted by molar-refractivity contribution is -0.389. The van der Waals surface area contributed by atoms with E-state index in [9.17, 15) is 23.3 Å². The summed E-state index contributed by atoms with van der Waals surface area (Å²) in [7, 11) is 1.94. The first-order valence-electron chi connectivity index (χ1n) is 11.9. The number of fused-ring (bicyclic) bond motifs is 1. The maximum Gasteiger partial charge on any atom is 0.573 e. The van der Waals surface area contributed by atoms with Crippen LogP contribution in [-0.2, 0) is 13.1 Å². The quantitative estimate of drug-likeness (QED) is 0.331. The van der Waals surface area contributed by atoms with Gasteiger partial charge in [-0.05, 0) is 36.2 Å². The van der Waals surface area contributed by atoms with Crippen molar-refractivity contribution in [3.8, 4) is 11.8 Å². The van der Waals surface area contributed by atoms with Gasteiger partial charge in [0.1, 0.15) is 18.6 Å². The number of halogens is 3. The molecule has 2 aliphatic heterocycles. The number of benzene rings is 1. The van der Waals surface area contributed by atoms with Gasteiger partial charge in [0, 0.05) is 67.9 Å². The van der Waals surface area contributed by atoms with E-state index in [1.807, 2.05) is 7.05 Å². The number of hydrogen-bond donors (Lipinski definition) is 0. The Morgan fingerprint density at radius 3 is 2.42 bits per heavy atom. The Hall–Kier alpha value is -4.14. The minimum Gasteiger partial charge on any atom is -0.444 e. The second-order valence-electron chi connectivity index (χ2n) is 9.08. The maximum atomic E-state index is 12.4. The SMILES string of the molecule is CN(Cc1cnc(N2CCN(c3ccc(OC(F)(F)F)cc3)CC2)nc1)[C@@H]1COc2nc([N+](=O)[O-])cn2C1. The van der Waals surface area contributed by atoms with Crippen molar-refractivity contribution in [3.63, 3.8) is 0 Å². The number of hydrogen-bond acceptors (Lipinski definition) is 10. The van der Waals surface area contributed by atoms with Crippen LogP contribution in [0.5, 0.6) is 11.8 Å². The highest BCUT2D eigenvalue weighted by molar-refractivity contribution is 5.50. The number of imidazole rings is 1. The lowest BCUT2D eigenvalue weighted by atomic mass is 10.2. The Morgan fingerprint density at radius 1 is 1.13 bits per heavy atom. The van der Waals surface area contributed by atoms with Crippen molar-refractivity contribution in [2.45, 2.75) is 25.5 Å². The summed E-state index contributed by atoms with van der Waals surface area (Å²) in [5.74, 6) is 0.133. The molecule has 1 fully saturated rings. The van der Waals surface area contributed by atoms with Gasteiger partial charge in [0.25, 0.3) is 0 Å². The zero-order chi connectivity index (χ0) is 26.9. The van der Waals surface area contributed by atoms with E-state index in [0.717, 1.165) is 11.3 Å². The Bertz CT molecular complexity index is 1260. The highest BCUT2D eigenvalue weighted by Gasteiger charge is 2.31. The zero-order valence-corrected chi connectivity index (χ0v) is 20.4. The summed E-state index contributed by atoms with van der Waals surface area (Å²) in [5, 5.41) is 11.0.